The smallest absolute Gasteiger partial charge is 0.344 e. The van der Waals surface area contributed by atoms with Crippen LogP contribution >= 0.6 is 0 Å². The van der Waals surface area contributed by atoms with Crippen LogP contribution in [-0.4, -0.2) is 12.6 Å². The first kappa shape index (κ1) is 18.7. The predicted octanol–water partition coefficient (Wildman–Crippen LogP) is 4.69. The van der Waals surface area contributed by atoms with Crippen molar-refractivity contribution >= 4 is 27.7 Å². The minimum atomic E-state index is -0.511. The fourth-order valence-electron chi connectivity index (χ4n) is 3.24. The number of ether oxygens (including phenoxy) is 2. The van der Waals surface area contributed by atoms with E-state index in [1.165, 1.54) is 6.07 Å². The van der Waals surface area contributed by atoms with Gasteiger partial charge in [-0.2, -0.15) is 0 Å². The molecule has 0 saturated heterocycles. The van der Waals surface area contributed by atoms with E-state index in [0.29, 0.717) is 16.9 Å². The Morgan fingerprint density at radius 2 is 1.76 bits per heavy atom. The fourth-order valence-corrected chi connectivity index (χ4v) is 3.24. The number of hydrogen-bond acceptors (Lipinski definition) is 5. The van der Waals surface area contributed by atoms with Crippen molar-refractivity contribution in [2.75, 3.05) is 6.61 Å². The molecule has 0 atom stereocenters. The van der Waals surface area contributed by atoms with E-state index >= 15 is 0 Å². The molecule has 0 aliphatic heterocycles. The molecule has 1 aromatic heterocycles. The maximum atomic E-state index is 12.1. The Morgan fingerprint density at radius 1 is 0.966 bits per heavy atom. The average Bonchev–Trinajstić information content (AvgIpc) is 2.73. The summed E-state index contributed by atoms with van der Waals surface area (Å²) in [4.78, 5) is 24.0. The van der Waals surface area contributed by atoms with Crippen LogP contribution in [0.2, 0.25) is 0 Å². The molecule has 0 bridgehead atoms. The summed E-state index contributed by atoms with van der Waals surface area (Å²) in [5.74, 6) is 0.0842. The van der Waals surface area contributed by atoms with Gasteiger partial charge in [-0.25, -0.2) is 9.59 Å². The Morgan fingerprint density at radius 3 is 2.59 bits per heavy atom. The lowest BCUT2D eigenvalue weighted by molar-refractivity contribution is -0.147. The summed E-state index contributed by atoms with van der Waals surface area (Å²) in [6, 6.07) is 18.7. The molecular formula is C24H20O5. The first-order chi connectivity index (χ1) is 14.0. The fraction of sp³-hybridized carbons (Fsp3) is 0.167. The van der Waals surface area contributed by atoms with E-state index in [0.717, 1.165) is 27.3 Å². The third-order valence-electron chi connectivity index (χ3n) is 4.98. The summed E-state index contributed by atoms with van der Waals surface area (Å²) >= 11 is 0. The number of benzene rings is 3. The summed E-state index contributed by atoms with van der Waals surface area (Å²) in [5, 5.41) is 2.89. The number of aryl methyl sites for hydroxylation is 2. The molecule has 0 amide bonds. The zero-order valence-corrected chi connectivity index (χ0v) is 16.2. The Balaban J connectivity index is 1.44. The Bertz CT molecular complexity index is 1270. The van der Waals surface area contributed by atoms with Crippen LogP contribution in [0.25, 0.3) is 21.7 Å². The number of carbonyl (C=O) groups is 1. The SMILES string of the molecule is Cc1ccc2c(COC(=O)COc3ccc4ccccc4c3)cc(=O)oc2c1C. The van der Waals surface area contributed by atoms with Gasteiger partial charge in [0.1, 0.15) is 17.9 Å². The molecular weight excluding hydrogens is 368 g/mol. The van der Waals surface area contributed by atoms with E-state index in [1.807, 2.05) is 68.4 Å². The van der Waals surface area contributed by atoms with Gasteiger partial charge in [0.15, 0.2) is 6.61 Å². The van der Waals surface area contributed by atoms with E-state index in [1.54, 1.807) is 0 Å². The minimum absolute atomic E-state index is 0.0233. The zero-order chi connectivity index (χ0) is 20.4. The number of rotatable bonds is 5. The van der Waals surface area contributed by atoms with Gasteiger partial charge in [-0.1, -0.05) is 42.5 Å². The van der Waals surface area contributed by atoms with Crippen molar-refractivity contribution in [3.63, 3.8) is 0 Å². The molecule has 0 spiro atoms. The molecule has 5 nitrogen and oxygen atoms in total. The van der Waals surface area contributed by atoms with Crippen LogP contribution in [0, 0.1) is 13.8 Å². The van der Waals surface area contributed by atoms with Crippen LogP contribution in [0.3, 0.4) is 0 Å². The van der Waals surface area contributed by atoms with Gasteiger partial charge in [-0.3, -0.25) is 0 Å². The molecule has 0 aliphatic carbocycles. The highest BCUT2D eigenvalue weighted by atomic mass is 16.6. The van der Waals surface area contributed by atoms with Crippen LogP contribution in [0.1, 0.15) is 16.7 Å². The summed E-state index contributed by atoms with van der Waals surface area (Å²) in [6.45, 7) is 3.61. The Labute approximate surface area is 167 Å². The molecule has 0 saturated carbocycles. The molecule has 29 heavy (non-hydrogen) atoms. The normalized spacial score (nSPS) is 11.0. The number of fused-ring (bicyclic) bond motifs is 2. The zero-order valence-electron chi connectivity index (χ0n) is 16.2. The van der Waals surface area contributed by atoms with Gasteiger partial charge in [0, 0.05) is 17.0 Å². The molecule has 0 unspecified atom stereocenters. The standard InChI is InChI=1S/C24H20O5/c1-15-7-10-21-19(12-22(25)29-24(21)16(15)2)13-28-23(26)14-27-20-9-8-17-5-3-4-6-18(17)11-20/h3-12H,13-14H2,1-2H3. The van der Waals surface area contributed by atoms with Gasteiger partial charge >= 0.3 is 11.6 Å². The molecule has 0 radical (unpaired) electrons. The highest BCUT2D eigenvalue weighted by Gasteiger charge is 2.12. The van der Waals surface area contributed by atoms with Crippen LogP contribution in [0.5, 0.6) is 5.75 Å². The van der Waals surface area contributed by atoms with Crippen molar-refractivity contribution in [1.29, 1.82) is 0 Å². The van der Waals surface area contributed by atoms with Crippen molar-refractivity contribution in [1.82, 2.24) is 0 Å². The van der Waals surface area contributed by atoms with Crippen LogP contribution in [0.4, 0.5) is 0 Å². The van der Waals surface area contributed by atoms with Gasteiger partial charge in [0.25, 0.3) is 0 Å². The second-order valence-corrected chi connectivity index (χ2v) is 6.93. The molecule has 0 N–H and O–H groups in total. The van der Waals surface area contributed by atoms with E-state index in [2.05, 4.69) is 0 Å². The molecule has 146 valence electrons. The summed E-state index contributed by atoms with van der Waals surface area (Å²) < 4.78 is 16.2. The monoisotopic (exact) mass is 388 g/mol. The van der Waals surface area contributed by atoms with Crippen LogP contribution < -0.4 is 10.4 Å². The molecule has 3 aromatic carbocycles. The van der Waals surface area contributed by atoms with Gasteiger partial charge < -0.3 is 13.9 Å². The van der Waals surface area contributed by atoms with Crippen molar-refractivity contribution in [2.45, 2.75) is 20.5 Å². The Hall–Kier alpha value is -3.60. The number of carbonyl (C=O) groups excluding carboxylic acids is 1. The molecule has 5 heteroatoms. The van der Waals surface area contributed by atoms with Crippen LogP contribution in [0.15, 0.2) is 69.9 Å². The van der Waals surface area contributed by atoms with Crippen molar-refractivity contribution in [3.05, 3.63) is 87.8 Å². The first-order valence-corrected chi connectivity index (χ1v) is 9.31. The van der Waals surface area contributed by atoms with Gasteiger partial charge in [-0.15, -0.1) is 0 Å². The third-order valence-corrected chi connectivity index (χ3v) is 4.98. The van der Waals surface area contributed by atoms with E-state index in [9.17, 15) is 9.59 Å². The molecule has 0 aliphatic rings. The summed E-state index contributed by atoms with van der Waals surface area (Å²) in [6.07, 6.45) is 0. The Kier molecular flexibility index (Phi) is 5.04. The highest BCUT2D eigenvalue weighted by molar-refractivity contribution is 5.85. The first-order valence-electron chi connectivity index (χ1n) is 9.31. The average molecular weight is 388 g/mol. The van der Waals surface area contributed by atoms with Gasteiger partial charge in [-0.05, 0) is 47.9 Å². The van der Waals surface area contributed by atoms with Crippen molar-refractivity contribution in [3.8, 4) is 5.75 Å². The van der Waals surface area contributed by atoms with E-state index in [4.69, 9.17) is 13.9 Å². The molecule has 1 heterocycles. The lowest BCUT2D eigenvalue weighted by atomic mass is 10.0. The lowest BCUT2D eigenvalue weighted by Crippen LogP contribution is -2.15. The largest absolute Gasteiger partial charge is 0.482 e. The van der Waals surface area contributed by atoms with E-state index < -0.39 is 11.6 Å². The molecule has 4 aromatic rings. The quantitative estimate of drug-likeness (QED) is 0.367. The number of hydrogen-bond donors (Lipinski definition) is 0. The van der Waals surface area contributed by atoms with E-state index in [-0.39, 0.29) is 13.2 Å². The number of esters is 1. The summed E-state index contributed by atoms with van der Waals surface area (Å²) in [7, 11) is 0. The van der Waals surface area contributed by atoms with Crippen LogP contribution in [-0.2, 0) is 16.1 Å². The maximum absolute atomic E-state index is 12.1. The van der Waals surface area contributed by atoms with Crippen molar-refractivity contribution in [2.24, 2.45) is 0 Å². The topological polar surface area (TPSA) is 65.7 Å². The molecule has 4 rings (SSSR count). The lowest BCUT2D eigenvalue weighted by Gasteiger charge is -2.10. The molecule has 0 fully saturated rings. The van der Waals surface area contributed by atoms with Gasteiger partial charge in [0.05, 0.1) is 0 Å². The van der Waals surface area contributed by atoms with Gasteiger partial charge in [0.2, 0.25) is 0 Å². The second-order valence-electron chi connectivity index (χ2n) is 6.93. The second kappa shape index (κ2) is 7.80. The summed E-state index contributed by atoms with van der Waals surface area (Å²) in [5.41, 5.74) is 2.59. The maximum Gasteiger partial charge on any atom is 0.344 e. The minimum Gasteiger partial charge on any atom is -0.482 e. The van der Waals surface area contributed by atoms with Crippen molar-refractivity contribution < 1.29 is 18.7 Å². The third kappa shape index (κ3) is 3.99. The predicted molar refractivity (Wildman–Crippen MR) is 111 cm³/mol. The highest BCUT2D eigenvalue weighted by Crippen LogP contribution is 2.24.